The summed E-state index contributed by atoms with van der Waals surface area (Å²) in [5.74, 6) is 0.910. The summed E-state index contributed by atoms with van der Waals surface area (Å²) in [6.07, 6.45) is 4.67. The molecule has 0 saturated heterocycles. The van der Waals surface area contributed by atoms with Gasteiger partial charge >= 0.3 is 0 Å². The van der Waals surface area contributed by atoms with E-state index in [1.165, 1.54) is 0 Å². The number of aryl methyl sites for hydroxylation is 1. The Balaban J connectivity index is 2.12. The molecule has 122 valence electrons. The number of aliphatic hydroxyl groups is 1. The Bertz CT molecular complexity index is 822. The van der Waals surface area contributed by atoms with Crippen LogP contribution in [-0.2, 0) is 0 Å². The smallest absolute Gasteiger partial charge is 0.227 e. The monoisotopic (exact) mass is 323 g/mol. The number of nitrogen functional groups attached to an aromatic ring is 1. The van der Waals surface area contributed by atoms with Crippen LogP contribution in [0, 0.1) is 6.92 Å². The molecule has 0 unspecified atom stereocenters. The SMILES string of the molecule is Cc1ccc(-c2c(N)nc(-c3cnccn3)nc2OCCO)cc1. The molecule has 0 bridgehead atoms. The van der Waals surface area contributed by atoms with E-state index in [4.69, 9.17) is 15.6 Å². The Kier molecular flexibility index (Phi) is 4.62. The highest BCUT2D eigenvalue weighted by Gasteiger charge is 2.17. The number of rotatable bonds is 5. The number of hydrogen-bond donors (Lipinski definition) is 2. The van der Waals surface area contributed by atoms with Gasteiger partial charge in [-0.25, -0.2) is 9.97 Å². The molecule has 24 heavy (non-hydrogen) atoms. The normalized spacial score (nSPS) is 10.6. The molecule has 0 saturated carbocycles. The maximum Gasteiger partial charge on any atom is 0.227 e. The topological polar surface area (TPSA) is 107 Å². The molecule has 3 aromatic rings. The first-order valence-electron chi connectivity index (χ1n) is 7.43. The van der Waals surface area contributed by atoms with Crippen LogP contribution in [0.2, 0.25) is 0 Å². The summed E-state index contributed by atoms with van der Waals surface area (Å²) < 4.78 is 5.58. The molecule has 1 aromatic carbocycles. The van der Waals surface area contributed by atoms with E-state index in [0.29, 0.717) is 23.0 Å². The van der Waals surface area contributed by atoms with Gasteiger partial charge in [-0.1, -0.05) is 29.8 Å². The minimum atomic E-state index is -0.127. The van der Waals surface area contributed by atoms with Gasteiger partial charge in [-0.2, -0.15) is 4.98 Å². The van der Waals surface area contributed by atoms with Crippen LogP contribution in [0.3, 0.4) is 0 Å². The fourth-order valence-corrected chi connectivity index (χ4v) is 2.22. The molecule has 2 heterocycles. The van der Waals surface area contributed by atoms with Gasteiger partial charge in [0.25, 0.3) is 0 Å². The van der Waals surface area contributed by atoms with E-state index in [-0.39, 0.29) is 19.0 Å². The zero-order valence-corrected chi connectivity index (χ0v) is 13.2. The second kappa shape index (κ2) is 7.01. The molecule has 0 aliphatic rings. The van der Waals surface area contributed by atoms with Crippen LogP contribution >= 0.6 is 0 Å². The highest BCUT2D eigenvalue weighted by Crippen LogP contribution is 2.34. The van der Waals surface area contributed by atoms with Crippen molar-refractivity contribution in [3.05, 3.63) is 48.4 Å². The van der Waals surface area contributed by atoms with Crippen LogP contribution in [0.4, 0.5) is 5.82 Å². The lowest BCUT2D eigenvalue weighted by Gasteiger charge is -2.13. The average Bonchev–Trinajstić information content (AvgIpc) is 2.61. The molecule has 0 spiro atoms. The molecule has 7 heteroatoms. The number of aliphatic hydroxyl groups excluding tert-OH is 1. The van der Waals surface area contributed by atoms with Crippen LogP contribution in [0.25, 0.3) is 22.6 Å². The first-order chi connectivity index (χ1) is 11.7. The Morgan fingerprint density at radius 2 is 1.92 bits per heavy atom. The molecule has 7 nitrogen and oxygen atoms in total. The minimum Gasteiger partial charge on any atom is -0.475 e. The summed E-state index contributed by atoms with van der Waals surface area (Å²) in [7, 11) is 0. The molecule has 3 rings (SSSR count). The largest absolute Gasteiger partial charge is 0.475 e. The Hall–Kier alpha value is -3.06. The van der Waals surface area contributed by atoms with Gasteiger partial charge in [0.15, 0.2) is 5.82 Å². The van der Waals surface area contributed by atoms with Crippen molar-refractivity contribution in [2.24, 2.45) is 0 Å². The third-order valence-corrected chi connectivity index (χ3v) is 3.37. The minimum absolute atomic E-state index is 0.106. The summed E-state index contributed by atoms with van der Waals surface area (Å²) in [5.41, 5.74) is 9.22. The maximum atomic E-state index is 9.06. The summed E-state index contributed by atoms with van der Waals surface area (Å²) in [5, 5.41) is 9.06. The molecule has 0 radical (unpaired) electrons. The number of aromatic nitrogens is 4. The molecular formula is C17H17N5O2. The Morgan fingerprint density at radius 1 is 1.12 bits per heavy atom. The van der Waals surface area contributed by atoms with Gasteiger partial charge in [0, 0.05) is 12.4 Å². The summed E-state index contributed by atoms with van der Waals surface area (Å²) in [6.45, 7) is 1.98. The average molecular weight is 323 g/mol. The van der Waals surface area contributed by atoms with Crippen molar-refractivity contribution in [1.29, 1.82) is 0 Å². The number of nitrogens with two attached hydrogens (primary N) is 1. The summed E-state index contributed by atoms with van der Waals surface area (Å²) >= 11 is 0. The van der Waals surface area contributed by atoms with Crippen molar-refractivity contribution in [3.63, 3.8) is 0 Å². The van der Waals surface area contributed by atoms with Crippen LogP contribution in [0.15, 0.2) is 42.9 Å². The van der Waals surface area contributed by atoms with Gasteiger partial charge in [-0.05, 0) is 12.5 Å². The number of anilines is 1. The summed E-state index contributed by atoms with van der Waals surface area (Å²) in [6, 6.07) is 7.80. The molecule has 3 N–H and O–H groups in total. The third kappa shape index (κ3) is 3.31. The Morgan fingerprint density at radius 3 is 2.58 bits per heavy atom. The molecule has 2 aromatic heterocycles. The Labute approximate surface area is 139 Å². The maximum absolute atomic E-state index is 9.06. The van der Waals surface area contributed by atoms with Gasteiger partial charge in [-0.3, -0.25) is 4.98 Å². The van der Waals surface area contributed by atoms with Crippen molar-refractivity contribution in [2.75, 3.05) is 18.9 Å². The zero-order chi connectivity index (χ0) is 16.9. The molecular weight excluding hydrogens is 306 g/mol. The molecule has 0 aliphatic heterocycles. The van der Waals surface area contributed by atoms with Gasteiger partial charge in [-0.15, -0.1) is 0 Å². The predicted octanol–water partition coefficient (Wildman–Crippen LogP) is 1.86. The lowest BCUT2D eigenvalue weighted by Crippen LogP contribution is -2.08. The van der Waals surface area contributed by atoms with Crippen LogP contribution in [0.5, 0.6) is 5.88 Å². The van der Waals surface area contributed by atoms with Crippen molar-refractivity contribution >= 4 is 5.82 Å². The number of benzene rings is 1. The lowest BCUT2D eigenvalue weighted by molar-refractivity contribution is 0.197. The van der Waals surface area contributed by atoms with Gasteiger partial charge in [0.05, 0.1) is 18.4 Å². The van der Waals surface area contributed by atoms with E-state index in [9.17, 15) is 0 Å². The van der Waals surface area contributed by atoms with E-state index < -0.39 is 0 Å². The predicted molar refractivity (Wildman–Crippen MR) is 90.2 cm³/mol. The summed E-state index contributed by atoms with van der Waals surface area (Å²) in [4.78, 5) is 16.9. The zero-order valence-electron chi connectivity index (χ0n) is 13.2. The van der Waals surface area contributed by atoms with Gasteiger partial charge < -0.3 is 15.6 Å². The van der Waals surface area contributed by atoms with Gasteiger partial charge in [0.2, 0.25) is 5.88 Å². The lowest BCUT2D eigenvalue weighted by atomic mass is 10.1. The first-order valence-corrected chi connectivity index (χ1v) is 7.43. The first kappa shape index (κ1) is 15.8. The van der Waals surface area contributed by atoms with Crippen molar-refractivity contribution in [2.45, 2.75) is 6.92 Å². The highest BCUT2D eigenvalue weighted by molar-refractivity contribution is 5.79. The number of ether oxygens (including phenoxy) is 1. The fourth-order valence-electron chi connectivity index (χ4n) is 2.22. The van der Waals surface area contributed by atoms with E-state index in [2.05, 4.69) is 19.9 Å². The fraction of sp³-hybridized carbons (Fsp3) is 0.176. The van der Waals surface area contributed by atoms with Crippen molar-refractivity contribution in [1.82, 2.24) is 19.9 Å². The standard InChI is InChI=1S/C17H17N5O2/c1-11-2-4-12(5-3-11)14-15(18)21-16(13-10-19-6-7-20-13)22-17(14)24-9-8-23/h2-7,10,23H,8-9H2,1H3,(H2,18,21,22). The van der Waals surface area contributed by atoms with E-state index in [1.807, 2.05) is 31.2 Å². The number of hydrogen-bond acceptors (Lipinski definition) is 7. The second-order valence-electron chi connectivity index (χ2n) is 5.14. The van der Waals surface area contributed by atoms with Crippen LogP contribution in [0.1, 0.15) is 5.56 Å². The van der Waals surface area contributed by atoms with Crippen LogP contribution in [-0.4, -0.2) is 38.3 Å². The van der Waals surface area contributed by atoms with Crippen molar-refractivity contribution in [3.8, 4) is 28.5 Å². The molecule has 0 aliphatic carbocycles. The quantitative estimate of drug-likeness (QED) is 0.738. The molecule has 0 amide bonds. The second-order valence-corrected chi connectivity index (χ2v) is 5.14. The van der Waals surface area contributed by atoms with Crippen LogP contribution < -0.4 is 10.5 Å². The third-order valence-electron chi connectivity index (χ3n) is 3.37. The number of nitrogens with zero attached hydrogens (tertiary/aromatic N) is 4. The van der Waals surface area contributed by atoms with Gasteiger partial charge in [0.1, 0.15) is 18.1 Å². The van der Waals surface area contributed by atoms with E-state index in [0.717, 1.165) is 11.1 Å². The van der Waals surface area contributed by atoms with E-state index >= 15 is 0 Å². The van der Waals surface area contributed by atoms with Crippen molar-refractivity contribution < 1.29 is 9.84 Å². The highest BCUT2D eigenvalue weighted by atomic mass is 16.5. The molecule has 0 atom stereocenters. The molecule has 0 fully saturated rings. The van der Waals surface area contributed by atoms with E-state index in [1.54, 1.807) is 18.6 Å².